The lowest BCUT2D eigenvalue weighted by molar-refractivity contribution is 0.0737. The highest BCUT2D eigenvalue weighted by molar-refractivity contribution is 5.34. The summed E-state index contributed by atoms with van der Waals surface area (Å²) in [5.74, 6) is -0.289. The minimum absolute atomic E-state index is 0.289. The molecule has 1 N–H and O–H groups in total. The molecule has 0 atom stereocenters. The number of hydrogen-bond acceptors (Lipinski definition) is 3. The molecule has 5 heteroatoms. The highest BCUT2D eigenvalue weighted by atomic mass is 19.1. The predicted molar refractivity (Wildman–Crippen MR) is 61.3 cm³/mol. The molecule has 0 aliphatic rings. The number of halogens is 1. The first-order valence-electron chi connectivity index (χ1n) is 5.29. The summed E-state index contributed by atoms with van der Waals surface area (Å²) < 4.78 is 14.8. The summed E-state index contributed by atoms with van der Waals surface area (Å²) in [4.78, 5) is 0. The summed E-state index contributed by atoms with van der Waals surface area (Å²) in [5, 5.41) is 17.5. The lowest BCUT2D eigenvalue weighted by Crippen LogP contribution is -2.15. The van der Waals surface area contributed by atoms with Crippen LogP contribution in [0.15, 0.2) is 24.4 Å². The Bertz CT molecular complexity index is 543. The molecule has 2 aromatic rings. The van der Waals surface area contributed by atoms with E-state index in [-0.39, 0.29) is 5.82 Å². The third-order valence-electron chi connectivity index (χ3n) is 2.54. The summed E-state index contributed by atoms with van der Waals surface area (Å²) in [5.41, 5.74) is 0.549. The van der Waals surface area contributed by atoms with Gasteiger partial charge in [0.1, 0.15) is 17.1 Å². The van der Waals surface area contributed by atoms with Gasteiger partial charge in [-0.3, -0.25) is 0 Å². The summed E-state index contributed by atoms with van der Waals surface area (Å²) >= 11 is 0. The van der Waals surface area contributed by atoms with Crippen LogP contribution in [0.25, 0.3) is 5.69 Å². The van der Waals surface area contributed by atoms with Crippen LogP contribution in [-0.4, -0.2) is 20.1 Å². The van der Waals surface area contributed by atoms with Gasteiger partial charge in [-0.1, -0.05) is 11.3 Å². The molecule has 90 valence electrons. The third kappa shape index (κ3) is 2.34. The van der Waals surface area contributed by atoms with E-state index in [0.717, 1.165) is 0 Å². The maximum absolute atomic E-state index is 13.4. The van der Waals surface area contributed by atoms with Crippen LogP contribution in [0.3, 0.4) is 0 Å². The molecule has 0 spiro atoms. The molecule has 0 radical (unpaired) electrons. The zero-order valence-electron chi connectivity index (χ0n) is 9.98. The molecular formula is C12H14FN3O. The van der Waals surface area contributed by atoms with Gasteiger partial charge in [-0.2, -0.15) is 0 Å². The molecule has 1 aromatic heterocycles. The van der Waals surface area contributed by atoms with Crippen molar-refractivity contribution in [3.8, 4) is 5.69 Å². The topological polar surface area (TPSA) is 50.9 Å². The Kier molecular flexibility index (Phi) is 2.71. The van der Waals surface area contributed by atoms with Gasteiger partial charge in [0.2, 0.25) is 0 Å². The normalized spacial score (nSPS) is 11.8. The highest BCUT2D eigenvalue weighted by Crippen LogP contribution is 2.18. The first-order chi connectivity index (χ1) is 7.88. The summed E-state index contributed by atoms with van der Waals surface area (Å²) in [7, 11) is 0. The second-order valence-electron chi connectivity index (χ2n) is 4.54. The number of hydrogen-bond donors (Lipinski definition) is 1. The molecule has 0 saturated carbocycles. The van der Waals surface area contributed by atoms with Crippen LogP contribution in [0.2, 0.25) is 0 Å². The van der Waals surface area contributed by atoms with E-state index in [9.17, 15) is 9.50 Å². The lowest BCUT2D eigenvalue weighted by atomic mass is 10.1. The van der Waals surface area contributed by atoms with Gasteiger partial charge < -0.3 is 5.11 Å². The predicted octanol–water partition coefficient (Wildman–Crippen LogP) is 1.94. The minimum Gasteiger partial charge on any atom is -0.384 e. The second-order valence-corrected chi connectivity index (χ2v) is 4.54. The maximum Gasteiger partial charge on any atom is 0.128 e. The van der Waals surface area contributed by atoms with Crippen LogP contribution in [0, 0.1) is 12.7 Å². The quantitative estimate of drug-likeness (QED) is 0.865. The second kappa shape index (κ2) is 3.92. The Labute approximate surface area is 98.7 Å². The number of aromatic nitrogens is 3. The zero-order chi connectivity index (χ0) is 12.6. The number of rotatable bonds is 2. The zero-order valence-corrected chi connectivity index (χ0v) is 9.98. The average molecular weight is 235 g/mol. The van der Waals surface area contributed by atoms with E-state index >= 15 is 0 Å². The van der Waals surface area contributed by atoms with Gasteiger partial charge in [0.25, 0.3) is 0 Å². The van der Waals surface area contributed by atoms with Gasteiger partial charge in [-0.15, -0.1) is 5.10 Å². The van der Waals surface area contributed by atoms with Crippen LogP contribution in [0.1, 0.15) is 25.1 Å². The SMILES string of the molecule is Cc1ccc(-n2cc(C(C)(C)O)nn2)cc1F. The fraction of sp³-hybridized carbons (Fsp3) is 0.333. The summed E-state index contributed by atoms with van der Waals surface area (Å²) in [6.45, 7) is 4.94. The molecule has 0 aliphatic carbocycles. The minimum atomic E-state index is -1.05. The Morgan fingerprint density at radius 3 is 2.59 bits per heavy atom. The van der Waals surface area contributed by atoms with Crippen molar-refractivity contribution in [1.29, 1.82) is 0 Å². The summed E-state index contributed by atoms with van der Waals surface area (Å²) in [6.07, 6.45) is 1.59. The van der Waals surface area contributed by atoms with Crippen molar-refractivity contribution in [2.45, 2.75) is 26.4 Å². The number of aliphatic hydroxyl groups is 1. The van der Waals surface area contributed by atoms with Crippen LogP contribution >= 0.6 is 0 Å². The summed E-state index contributed by atoms with van der Waals surface area (Å²) in [6, 6.07) is 4.82. The van der Waals surface area contributed by atoms with Crippen molar-refractivity contribution in [2.24, 2.45) is 0 Å². The number of nitrogens with zero attached hydrogens (tertiary/aromatic N) is 3. The van der Waals surface area contributed by atoms with E-state index in [4.69, 9.17) is 0 Å². The van der Waals surface area contributed by atoms with Gasteiger partial charge in [0, 0.05) is 0 Å². The molecule has 1 heterocycles. The molecule has 17 heavy (non-hydrogen) atoms. The van der Waals surface area contributed by atoms with Crippen LogP contribution < -0.4 is 0 Å². The van der Waals surface area contributed by atoms with Gasteiger partial charge in [-0.05, 0) is 38.5 Å². The first kappa shape index (κ1) is 11.7. The van der Waals surface area contributed by atoms with Crippen molar-refractivity contribution in [1.82, 2.24) is 15.0 Å². The van der Waals surface area contributed by atoms with E-state index in [1.165, 1.54) is 10.7 Å². The molecule has 0 amide bonds. The van der Waals surface area contributed by atoms with Crippen molar-refractivity contribution in [2.75, 3.05) is 0 Å². The molecule has 0 fully saturated rings. The highest BCUT2D eigenvalue weighted by Gasteiger charge is 2.20. The van der Waals surface area contributed by atoms with Crippen molar-refractivity contribution >= 4 is 0 Å². The first-order valence-corrected chi connectivity index (χ1v) is 5.29. The molecule has 4 nitrogen and oxygen atoms in total. The van der Waals surface area contributed by atoms with Gasteiger partial charge in [0.15, 0.2) is 0 Å². The van der Waals surface area contributed by atoms with Crippen LogP contribution in [0.5, 0.6) is 0 Å². The fourth-order valence-electron chi connectivity index (χ4n) is 1.39. The van der Waals surface area contributed by atoms with Crippen LogP contribution in [-0.2, 0) is 5.60 Å². The Morgan fingerprint density at radius 2 is 2.06 bits per heavy atom. The smallest absolute Gasteiger partial charge is 0.128 e. The van der Waals surface area contributed by atoms with E-state index in [1.807, 2.05) is 0 Å². The monoisotopic (exact) mass is 235 g/mol. The van der Waals surface area contributed by atoms with E-state index in [0.29, 0.717) is 16.9 Å². The van der Waals surface area contributed by atoms with Crippen molar-refractivity contribution in [3.63, 3.8) is 0 Å². The fourth-order valence-corrected chi connectivity index (χ4v) is 1.39. The third-order valence-corrected chi connectivity index (χ3v) is 2.54. The standard InChI is InChI=1S/C12H14FN3O/c1-8-4-5-9(6-10(8)13)16-7-11(14-15-16)12(2,3)17/h4-7,17H,1-3H3. The van der Waals surface area contributed by atoms with Crippen LogP contribution in [0.4, 0.5) is 4.39 Å². The lowest BCUT2D eigenvalue weighted by Gasteiger charge is -2.11. The van der Waals surface area contributed by atoms with E-state index < -0.39 is 5.60 Å². The molecule has 2 rings (SSSR count). The molecular weight excluding hydrogens is 221 g/mol. The Hall–Kier alpha value is -1.75. The largest absolute Gasteiger partial charge is 0.384 e. The molecule has 0 unspecified atom stereocenters. The van der Waals surface area contributed by atoms with E-state index in [2.05, 4.69) is 10.3 Å². The maximum atomic E-state index is 13.4. The van der Waals surface area contributed by atoms with Gasteiger partial charge in [0.05, 0.1) is 11.9 Å². The number of aryl methyl sites for hydroxylation is 1. The average Bonchev–Trinajstić information content (AvgIpc) is 2.70. The molecule has 1 aromatic carbocycles. The van der Waals surface area contributed by atoms with E-state index in [1.54, 1.807) is 39.1 Å². The van der Waals surface area contributed by atoms with Gasteiger partial charge in [-0.25, -0.2) is 9.07 Å². The Morgan fingerprint density at radius 1 is 1.35 bits per heavy atom. The number of benzene rings is 1. The Balaban J connectivity index is 2.40. The molecule has 0 saturated heterocycles. The molecule has 0 aliphatic heterocycles. The van der Waals surface area contributed by atoms with Gasteiger partial charge >= 0.3 is 0 Å². The molecule has 0 bridgehead atoms. The van der Waals surface area contributed by atoms with Crippen molar-refractivity contribution < 1.29 is 9.50 Å². The van der Waals surface area contributed by atoms with Crippen molar-refractivity contribution in [3.05, 3.63) is 41.5 Å².